The third-order valence-corrected chi connectivity index (χ3v) is 5.12. The number of furan rings is 1. The van der Waals surface area contributed by atoms with Crippen molar-refractivity contribution in [3.05, 3.63) is 47.9 Å². The summed E-state index contributed by atoms with van der Waals surface area (Å²) in [6, 6.07) is 10.7. The highest BCUT2D eigenvalue weighted by Gasteiger charge is 2.31. The SMILES string of the molecule is CCCNC1c2ccccc2OCC1Sc1ccoc1C. The van der Waals surface area contributed by atoms with Crippen LogP contribution in [0.2, 0.25) is 0 Å². The third-order valence-electron chi connectivity index (χ3n) is 3.73. The molecule has 3 rings (SSSR count). The van der Waals surface area contributed by atoms with Gasteiger partial charge < -0.3 is 14.5 Å². The van der Waals surface area contributed by atoms with E-state index in [9.17, 15) is 0 Å². The number of para-hydroxylation sites is 1. The summed E-state index contributed by atoms with van der Waals surface area (Å²) in [7, 11) is 0. The molecular formula is C17H21NO2S. The molecule has 0 saturated carbocycles. The Kier molecular flexibility index (Phi) is 4.56. The molecule has 1 aliphatic rings. The van der Waals surface area contributed by atoms with Crippen molar-refractivity contribution < 1.29 is 9.15 Å². The Morgan fingerprint density at radius 1 is 1.29 bits per heavy atom. The lowest BCUT2D eigenvalue weighted by Gasteiger charge is -2.33. The normalized spacial score (nSPS) is 20.9. The molecule has 112 valence electrons. The van der Waals surface area contributed by atoms with Gasteiger partial charge in [0, 0.05) is 10.5 Å². The number of thioether (sulfide) groups is 1. The van der Waals surface area contributed by atoms with E-state index in [1.807, 2.05) is 30.8 Å². The summed E-state index contributed by atoms with van der Waals surface area (Å²) in [5, 5.41) is 4.03. The van der Waals surface area contributed by atoms with E-state index in [2.05, 4.69) is 30.4 Å². The highest BCUT2D eigenvalue weighted by atomic mass is 32.2. The quantitative estimate of drug-likeness (QED) is 0.898. The average Bonchev–Trinajstić information content (AvgIpc) is 2.91. The van der Waals surface area contributed by atoms with E-state index in [1.165, 1.54) is 10.5 Å². The second-order valence-corrected chi connectivity index (χ2v) is 6.56. The number of hydrogen-bond donors (Lipinski definition) is 1. The molecule has 0 amide bonds. The first-order valence-electron chi connectivity index (χ1n) is 7.45. The van der Waals surface area contributed by atoms with Gasteiger partial charge in [0.25, 0.3) is 0 Å². The van der Waals surface area contributed by atoms with Crippen molar-refractivity contribution in [2.24, 2.45) is 0 Å². The standard InChI is InChI=1S/C17H21NO2S/c1-3-9-18-17-13-6-4-5-7-14(13)20-11-16(17)21-15-8-10-19-12(15)2/h4-8,10,16-18H,3,9,11H2,1-2H3. The molecule has 0 saturated heterocycles. The fourth-order valence-corrected chi connectivity index (χ4v) is 3.83. The smallest absolute Gasteiger partial charge is 0.124 e. The number of rotatable bonds is 5. The lowest BCUT2D eigenvalue weighted by Crippen LogP contribution is -2.37. The monoisotopic (exact) mass is 303 g/mol. The van der Waals surface area contributed by atoms with Gasteiger partial charge in [-0.15, -0.1) is 11.8 Å². The van der Waals surface area contributed by atoms with E-state index in [1.54, 1.807) is 6.26 Å². The average molecular weight is 303 g/mol. The number of ether oxygens (including phenoxy) is 1. The minimum absolute atomic E-state index is 0.314. The molecule has 1 aromatic carbocycles. The Balaban J connectivity index is 1.84. The van der Waals surface area contributed by atoms with E-state index < -0.39 is 0 Å². The summed E-state index contributed by atoms with van der Waals surface area (Å²) in [6.45, 7) is 5.93. The predicted molar refractivity (Wildman–Crippen MR) is 86.1 cm³/mol. The molecule has 0 spiro atoms. The van der Waals surface area contributed by atoms with Gasteiger partial charge in [0.2, 0.25) is 0 Å². The molecule has 1 N–H and O–H groups in total. The van der Waals surface area contributed by atoms with Gasteiger partial charge in [-0.3, -0.25) is 0 Å². The summed E-state index contributed by atoms with van der Waals surface area (Å²) < 4.78 is 11.4. The van der Waals surface area contributed by atoms with E-state index in [0.717, 1.165) is 24.5 Å². The molecule has 0 radical (unpaired) electrons. The van der Waals surface area contributed by atoms with Crippen LogP contribution in [0.4, 0.5) is 0 Å². The number of hydrogen-bond acceptors (Lipinski definition) is 4. The van der Waals surface area contributed by atoms with Crippen LogP contribution in [0.5, 0.6) is 5.75 Å². The minimum Gasteiger partial charge on any atom is -0.492 e. The molecule has 1 aliphatic heterocycles. The Bertz CT molecular complexity index is 596. The maximum atomic E-state index is 5.94. The first-order chi connectivity index (χ1) is 10.3. The number of aryl methyl sites for hydroxylation is 1. The Labute approximate surface area is 130 Å². The lowest BCUT2D eigenvalue weighted by atomic mass is 10.00. The van der Waals surface area contributed by atoms with Gasteiger partial charge in [0.05, 0.1) is 17.6 Å². The summed E-state index contributed by atoms with van der Waals surface area (Å²) in [6.07, 6.45) is 2.88. The zero-order valence-corrected chi connectivity index (χ0v) is 13.3. The molecule has 2 aromatic rings. The second kappa shape index (κ2) is 6.58. The van der Waals surface area contributed by atoms with Gasteiger partial charge in [-0.25, -0.2) is 0 Å². The van der Waals surface area contributed by atoms with E-state index >= 15 is 0 Å². The van der Waals surface area contributed by atoms with Crippen LogP contribution in [-0.4, -0.2) is 18.4 Å². The van der Waals surface area contributed by atoms with Gasteiger partial charge in [0.15, 0.2) is 0 Å². The Morgan fingerprint density at radius 3 is 2.90 bits per heavy atom. The number of benzene rings is 1. The molecule has 0 aliphatic carbocycles. The third kappa shape index (κ3) is 3.11. The topological polar surface area (TPSA) is 34.4 Å². The maximum absolute atomic E-state index is 5.94. The molecule has 0 bridgehead atoms. The molecular weight excluding hydrogens is 282 g/mol. The van der Waals surface area contributed by atoms with Crippen molar-refractivity contribution >= 4 is 11.8 Å². The first-order valence-corrected chi connectivity index (χ1v) is 8.33. The van der Waals surface area contributed by atoms with Crippen LogP contribution in [-0.2, 0) is 0 Å². The van der Waals surface area contributed by atoms with Crippen molar-refractivity contribution in [2.75, 3.05) is 13.2 Å². The molecule has 2 unspecified atom stereocenters. The zero-order chi connectivity index (χ0) is 14.7. The van der Waals surface area contributed by atoms with Gasteiger partial charge >= 0.3 is 0 Å². The molecule has 2 heterocycles. The predicted octanol–water partition coefficient (Wildman–Crippen LogP) is 4.18. The maximum Gasteiger partial charge on any atom is 0.124 e. The van der Waals surface area contributed by atoms with Crippen molar-refractivity contribution in [2.45, 2.75) is 36.5 Å². The van der Waals surface area contributed by atoms with Crippen LogP contribution in [0.1, 0.15) is 30.7 Å². The van der Waals surface area contributed by atoms with Crippen LogP contribution in [0.25, 0.3) is 0 Å². The van der Waals surface area contributed by atoms with E-state index in [0.29, 0.717) is 17.9 Å². The van der Waals surface area contributed by atoms with Crippen LogP contribution in [0.3, 0.4) is 0 Å². The van der Waals surface area contributed by atoms with Gasteiger partial charge in [-0.1, -0.05) is 25.1 Å². The fourth-order valence-electron chi connectivity index (χ4n) is 2.64. The largest absolute Gasteiger partial charge is 0.492 e. The number of fused-ring (bicyclic) bond motifs is 1. The van der Waals surface area contributed by atoms with Gasteiger partial charge in [-0.05, 0) is 32.0 Å². The molecule has 1 aromatic heterocycles. The van der Waals surface area contributed by atoms with Crippen LogP contribution < -0.4 is 10.1 Å². The summed E-state index contributed by atoms with van der Waals surface area (Å²) in [5.74, 6) is 1.99. The molecule has 0 fully saturated rings. The van der Waals surface area contributed by atoms with Crippen molar-refractivity contribution in [1.29, 1.82) is 0 Å². The van der Waals surface area contributed by atoms with E-state index in [4.69, 9.17) is 9.15 Å². The van der Waals surface area contributed by atoms with Crippen LogP contribution >= 0.6 is 11.8 Å². The first kappa shape index (κ1) is 14.5. The van der Waals surface area contributed by atoms with Crippen molar-refractivity contribution in [3.8, 4) is 5.75 Å². The fraction of sp³-hybridized carbons (Fsp3) is 0.412. The summed E-state index contributed by atoms with van der Waals surface area (Å²) in [4.78, 5) is 1.20. The summed E-state index contributed by atoms with van der Waals surface area (Å²) in [5.41, 5.74) is 1.26. The highest BCUT2D eigenvalue weighted by molar-refractivity contribution is 8.00. The zero-order valence-electron chi connectivity index (χ0n) is 12.5. The minimum atomic E-state index is 0.314. The number of nitrogens with one attached hydrogen (secondary N) is 1. The van der Waals surface area contributed by atoms with Crippen LogP contribution in [0.15, 0.2) is 45.9 Å². The molecule has 4 heteroatoms. The Morgan fingerprint density at radius 2 is 2.14 bits per heavy atom. The van der Waals surface area contributed by atoms with E-state index in [-0.39, 0.29) is 0 Å². The van der Waals surface area contributed by atoms with Gasteiger partial charge in [-0.2, -0.15) is 0 Å². The highest BCUT2D eigenvalue weighted by Crippen LogP contribution is 2.40. The Hall–Kier alpha value is -1.39. The van der Waals surface area contributed by atoms with Crippen molar-refractivity contribution in [1.82, 2.24) is 5.32 Å². The molecule has 3 nitrogen and oxygen atoms in total. The molecule has 2 atom stereocenters. The van der Waals surface area contributed by atoms with Crippen LogP contribution in [0, 0.1) is 6.92 Å². The summed E-state index contributed by atoms with van der Waals surface area (Å²) >= 11 is 1.84. The lowest BCUT2D eigenvalue weighted by molar-refractivity contribution is 0.260. The molecule has 21 heavy (non-hydrogen) atoms. The van der Waals surface area contributed by atoms with Crippen molar-refractivity contribution in [3.63, 3.8) is 0 Å². The van der Waals surface area contributed by atoms with Gasteiger partial charge in [0.1, 0.15) is 18.1 Å². The second-order valence-electron chi connectivity index (χ2n) is 5.28.